The van der Waals surface area contributed by atoms with Gasteiger partial charge in [-0.25, -0.2) is 4.79 Å². The molecule has 4 aromatic rings. The number of thioether (sulfide) groups is 1. The number of hydrogen-bond donors (Lipinski definition) is 1. The minimum atomic E-state index is -0.500. The molecule has 2 aromatic heterocycles. The molecule has 0 radical (unpaired) electrons. The number of carbonyl (C=O) groups is 2. The maximum absolute atomic E-state index is 13.0. The van der Waals surface area contributed by atoms with Gasteiger partial charge in [0.1, 0.15) is 22.9 Å². The summed E-state index contributed by atoms with van der Waals surface area (Å²) in [5.41, 5.74) is 4.22. The number of ether oxygens (including phenoxy) is 2. The highest BCUT2D eigenvalue weighted by atomic mass is 32.2. The molecule has 0 aliphatic carbocycles. The third-order valence-electron chi connectivity index (χ3n) is 6.14. The first-order valence-corrected chi connectivity index (χ1v) is 14.1. The fourth-order valence-corrected chi connectivity index (χ4v) is 5.89. The lowest BCUT2D eigenvalue weighted by molar-refractivity contribution is -0.113. The molecule has 0 unspecified atom stereocenters. The minimum absolute atomic E-state index is 0.0748. The number of allylic oxidation sites excluding steroid dienone is 1. The average Bonchev–Trinajstić information content (AvgIpc) is 3.47. The molecule has 0 saturated heterocycles. The van der Waals surface area contributed by atoms with Crippen LogP contribution in [0, 0.1) is 20.8 Å². The molecule has 2 aromatic carbocycles. The van der Waals surface area contributed by atoms with E-state index in [1.54, 1.807) is 6.08 Å². The predicted molar refractivity (Wildman–Crippen MR) is 156 cm³/mol. The molecule has 0 aliphatic rings. The molecule has 39 heavy (non-hydrogen) atoms. The summed E-state index contributed by atoms with van der Waals surface area (Å²) in [5, 5.41) is 12.5. The van der Waals surface area contributed by atoms with E-state index in [4.69, 9.17) is 9.47 Å². The zero-order chi connectivity index (χ0) is 27.9. The van der Waals surface area contributed by atoms with Gasteiger partial charge in [-0.1, -0.05) is 60.3 Å². The molecule has 4 rings (SSSR count). The highest BCUT2D eigenvalue weighted by Gasteiger charge is 2.25. The quantitative estimate of drug-likeness (QED) is 0.132. The molecule has 0 spiro atoms. The lowest BCUT2D eigenvalue weighted by Crippen LogP contribution is -2.16. The van der Waals surface area contributed by atoms with Crippen LogP contribution in [0.2, 0.25) is 0 Å². The van der Waals surface area contributed by atoms with Crippen molar-refractivity contribution in [3.8, 4) is 16.9 Å². The van der Waals surface area contributed by atoms with Crippen molar-refractivity contribution < 1.29 is 19.1 Å². The van der Waals surface area contributed by atoms with E-state index in [0.29, 0.717) is 28.1 Å². The van der Waals surface area contributed by atoms with Crippen molar-refractivity contribution in [1.29, 1.82) is 0 Å². The predicted octanol–water partition coefficient (Wildman–Crippen LogP) is 6.21. The van der Waals surface area contributed by atoms with Crippen LogP contribution in [-0.4, -0.2) is 39.5 Å². The third kappa shape index (κ3) is 6.40. The first-order valence-electron chi connectivity index (χ1n) is 12.3. The maximum Gasteiger partial charge on any atom is 0.341 e. The van der Waals surface area contributed by atoms with E-state index in [1.807, 2.05) is 73.9 Å². The second-order valence-corrected chi connectivity index (χ2v) is 10.9. The molecule has 0 fully saturated rings. The van der Waals surface area contributed by atoms with Gasteiger partial charge in [0.25, 0.3) is 0 Å². The summed E-state index contributed by atoms with van der Waals surface area (Å²) < 4.78 is 12.9. The number of anilines is 1. The summed E-state index contributed by atoms with van der Waals surface area (Å²) in [5.74, 6) is 0.728. The van der Waals surface area contributed by atoms with Crippen LogP contribution in [0.25, 0.3) is 11.1 Å². The molecule has 1 amide bonds. The van der Waals surface area contributed by atoms with Gasteiger partial charge in [0, 0.05) is 17.0 Å². The molecule has 0 bridgehead atoms. The number of amides is 1. The van der Waals surface area contributed by atoms with E-state index < -0.39 is 5.97 Å². The van der Waals surface area contributed by atoms with Crippen LogP contribution < -0.4 is 10.1 Å². The van der Waals surface area contributed by atoms with E-state index in [9.17, 15) is 9.59 Å². The fraction of sp³-hybridized carbons (Fsp3) is 0.241. The number of esters is 1. The summed E-state index contributed by atoms with van der Waals surface area (Å²) >= 11 is 2.60. The number of nitrogens with one attached hydrogen (secondary N) is 1. The summed E-state index contributed by atoms with van der Waals surface area (Å²) in [6, 6.07) is 15.5. The number of rotatable bonds is 11. The van der Waals surface area contributed by atoms with Crippen molar-refractivity contribution in [2.75, 3.05) is 18.2 Å². The molecule has 1 N–H and O–H groups in total. The van der Waals surface area contributed by atoms with Crippen molar-refractivity contribution >= 4 is 40.0 Å². The van der Waals surface area contributed by atoms with E-state index in [1.165, 1.54) is 30.2 Å². The van der Waals surface area contributed by atoms with Gasteiger partial charge >= 0.3 is 5.97 Å². The first kappa shape index (κ1) is 28.1. The Morgan fingerprint density at radius 3 is 2.59 bits per heavy atom. The van der Waals surface area contributed by atoms with Gasteiger partial charge < -0.3 is 14.8 Å². The molecule has 202 valence electrons. The number of hydrogen-bond acceptors (Lipinski definition) is 8. The molecular formula is C29H30N4O4S2. The number of carbonyl (C=O) groups excluding carboxylic acids is 2. The van der Waals surface area contributed by atoms with Crippen molar-refractivity contribution in [3.63, 3.8) is 0 Å². The Kier molecular flexibility index (Phi) is 9.21. The second-order valence-electron chi connectivity index (χ2n) is 8.72. The summed E-state index contributed by atoms with van der Waals surface area (Å²) in [6.07, 6.45) is 1.75. The SMILES string of the molecule is C=CCn1c(COc2cccc(C)c2C)nnc1SCC(=O)Nc1sc(C)c(-c2ccccc2)c1C(=O)OC. The Bertz CT molecular complexity index is 1490. The summed E-state index contributed by atoms with van der Waals surface area (Å²) in [6.45, 7) is 10.5. The Balaban J connectivity index is 1.48. The Morgan fingerprint density at radius 1 is 1.10 bits per heavy atom. The van der Waals surface area contributed by atoms with Crippen molar-refractivity contribution in [2.24, 2.45) is 0 Å². The average molecular weight is 563 g/mol. The van der Waals surface area contributed by atoms with E-state index in [0.717, 1.165) is 32.9 Å². The van der Waals surface area contributed by atoms with Crippen LogP contribution in [0.4, 0.5) is 5.00 Å². The van der Waals surface area contributed by atoms with E-state index in [-0.39, 0.29) is 18.3 Å². The van der Waals surface area contributed by atoms with Crippen LogP contribution in [-0.2, 0) is 22.7 Å². The topological polar surface area (TPSA) is 95.3 Å². The van der Waals surface area contributed by atoms with Gasteiger partial charge in [-0.3, -0.25) is 9.36 Å². The standard InChI is InChI=1S/C29H30N4O4S2/c1-6-15-33-23(16-37-22-14-10-11-18(2)19(22)3)31-32-29(33)38-17-24(34)30-27-26(28(35)36-5)25(20(4)39-27)21-12-8-7-9-13-21/h6-14H,1,15-17H2,2-5H3,(H,30,34). The largest absolute Gasteiger partial charge is 0.485 e. The fourth-order valence-electron chi connectivity index (χ4n) is 4.04. The minimum Gasteiger partial charge on any atom is -0.485 e. The molecular weight excluding hydrogens is 532 g/mol. The van der Waals surface area contributed by atoms with Gasteiger partial charge in [-0.15, -0.1) is 28.1 Å². The lowest BCUT2D eigenvalue weighted by Gasteiger charge is -2.12. The third-order valence-corrected chi connectivity index (χ3v) is 8.13. The smallest absolute Gasteiger partial charge is 0.341 e. The normalized spacial score (nSPS) is 10.8. The van der Waals surface area contributed by atoms with Gasteiger partial charge in [0.2, 0.25) is 5.91 Å². The molecule has 2 heterocycles. The number of thiophene rings is 1. The molecule has 0 aliphatic heterocycles. The van der Waals surface area contributed by atoms with Crippen LogP contribution in [0.3, 0.4) is 0 Å². The van der Waals surface area contributed by atoms with Crippen LogP contribution in [0.15, 0.2) is 66.3 Å². The lowest BCUT2D eigenvalue weighted by atomic mass is 10.0. The highest BCUT2D eigenvalue weighted by molar-refractivity contribution is 7.99. The Morgan fingerprint density at radius 2 is 1.87 bits per heavy atom. The zero-order valence-corrected chi connectivity index (χ0v) is 23.9. The van der Waals surface area contributed by atoms with E-state index in [2.05, 4.69) is 22.1 Å². The summed E-state index contributed by atoms with van der Waals surface area (Å²) in [4.78, 5) is 26.6. The molecule has 0 saturated carbocycles. The molecule has 0 atom stereocenters. The van der Waals surface area contributed by atoms with Gasteiger partial charge in [-0.05, 0) is 43.5 Å². The number of methoxy groups -OCH3 is 1. The molecule has 10 heteroatoms. The number of benzene rings is 2. The Labute approximate surface area is 236 Å². The number of aryl methyl sites for hydroxylation is 2. The maximum atomic E-state index is 13.0. The van der Waals surface area contributed by atoms with Gasteiger partial charge in [-0.2, -0.15) is 0 Å². The van der Waals surface area contributed by atoms with Gasteiger partial charge in [0.15, 0.2) is 11.0 Å². The van der Waals surface area contributed by atoms with Gasteiger partial charge in [0.05, 0.1) is 12.9 Å². The van der Waals surface area contributed by atoms with Crippen LogP contribution >= 0.6 is 23.1 Å². The molecule has 8 nitrogen and oxygen atoms in total. The van der Waals surface area contributed by atoms with E-state index >= 15 is 0 Å². The zero-order valence-electron chi connectivity index (χ0n) is 22.3. The van der Waals surface area contributed by atoms with Crippen molar-refractivity contribution in [2.45, 2.75) is 39.1 Å². The number of aromatic nitrogens is 3. The Hall–Kier alpha value is -3.89. The van der Waals surface area contributed by atoms with Crippen molar-refractivity contribution in [1.82, 2.24) is 14.8 Å². The second kappa shape index (κ2) is 12.8. The van der Waals surface area contributed by atoms with Crippen LogP contribution in [0.5, 0.6) is 5.75 Å². The van der Waals surface area contributed by atoms with Crippen LogP contribution in [0.1, 0.15) is 32.2 Å². The highest BCUT2D eigenvalue weighted by Crippen LogP contribution is 2.40. The summed E-state index contributed by atoms with van der Waals surface area (Å²) in [7, 11) is 1.33. The monoisotopic (exact) mass is 562 g/mol. The van der Waals surface area contributed by atoms with Crippen molar-refractivity contribution in [3.05, 3.63) is 88.6 Å². The number of nitrogens with zero attached hydrogens (tertiary/aromatic N) is 3. The first-order chi connectivity index (χ1) is 18.8.